The van der Waals surface area contributed by atoms with Crippen LogP contribution in [0.25, 0.3) is 0 Å². The molecule has 0 radical (unpaired) electrons. The fraction of sp³-hybridized carbons (Fsp3) is 0.700. The third-order valence-electron chi connectivity index (χ3n) is 2.60. The van der Waals surface area contributed by atoms with E-state index in [-0.39, 0.29) is 12.0 Å². The lowest BCUT2D eigenvalue weighted by molar-refractivity contribution is 0.134. The molecule has 0 spiro atoms. The number of aryl methyl sites for hydroxylation is 2. The molecule has 0 aliphatic carbocycles. The van der Waals surface area contributed by atoms with E-state index in [9.17, 15) is 5.11 Å². The number of aliphatic hydroxyl groups excluding tert-OH is 1. The first-order valence-corrected chi connectivity index (χ1v) is 5.17. The van der Waals surface area contributed by atoms with Gasteiger partial charge in [-0.05, 0) is 26.2 Å². The van der Waals surface area contributed by atoms with Crippen molar-refractivity contribution in [2.75, 3.05) is 0 Å². The summed E-state index contributed by atoms with van der Waals surface area (Å²) < 4.78 is 1.79. The molecule has 1 aromatic heterocycles. The molecule has 1 rings (SSSR count). The summed E-state index contributed by atoms with van der Waals surface area (Å²) in [5, 5.41) is 14.3. The number of rotatable bonds is 3. The number of halogens is 1. The Morgan fingerprint density at radius 1 is 1.50 bits per heavy atom. The lowest BCUT2D eigenvalue weighted by Gasteiger charge is -2.14. The monoisotopic (exact) mass is 216 g/mol. The Morgan fingerprint density at radius 2 is 2.07 bits per heavy atom. The van der Waals surface area contributed by atoms with Gasteiger partial charge in [0.2, 0.25) is 0 Å². The van der Waals surface area contributed by atoms with Crippen LogP contribution in [0.15, 0.2) is 0 Å². The van der Waals surface area contributed by atoms with Crippen LogP contribution in [0.5, 0.6) is 0 Å². The van der Waals surface area contributed by atoms with Crippen LogP contribution in [0.1, 0.15) is 25.2 Å². The van der Waals surface area contributed by atoms with Gasteiger partial charge in [0, 0.05) is 7.05 Å². The van der Waals surface area contributed by atoms with E-state index < -0.39 is 0 Å². The molecule has 1 heterocycles. The maximum atomic E-state index is 9.40. The molecule has 3 nitrogen and oxygen atoms in total. The lowest BCUT2D eigenvalue weighted by Crippen LogP contribution is -2.17. The van der Waals surface area contributed by atoms with Gasteiger partial charge in [0.05, 0.1) is 22.5 Å². The molecule has 14 heavy (non-hydrogen) atoms. The van der Waals surface area contributed by atoms with Crippen LogP contribution in [0.3, 0.4) is 0 Å². The van der Waals surface area contributed by atoms with Crippen molar-refractivity contribution in [3.8, 4) is 0 Å². The molecule has 1 N–H and O–H groups in total. The van der Waals surface area contributed by atoms with Gasteiger partial charge < -0.3 is 5.11 Å². The minimum absolute atomic E-state index is 0.197. The van der Waals surface area contributed by atoms with E-state index in [0.29, 0.717) is 0 Å². The smallest absolute Gasteiger partial charge is 0.0847 e. The lowest BCUT2D eigenvalue weighted by atomic mass is 10.00. The minimum Gasteiger partial charge on any atom is -0.393 e. The van der Waals surface area contributed by atoms with E-state index in [4.69, 9.17) is 11.6 Å². The zero-order valence-corrected chi connectivity index (χ0v) is 9.84. The molecular weight excluding hydrogens is 200 g/mol. The van der Waals surface area contributed by atoms with Crippen LogP contribution >= 0.6 is 11.6 Å². The molecule has 2 atom stereocenters. The summed E-state index contributed by atoms with van der Waals surface area (Å²) in [6, 6.07) is 0. The van der Waals surface area contributed by atoms with Gasteiger partial charge in [0.1, 0.15) is 0 Å². The second-order valence-electron chi connectivity index (χ2n) is 3.89. The molecule has 0 aliphatic rings. The molecule has 0 amide bonds. The third-order valence-corrected chi connectivity index (χ3v) is 3.09. The van der Waals surface area contributed by atoms with E-state index >= 15 is 0 Å². The minimum atomic E-state index is -0.318. The summed E-state index contributed by atoms with van der Waals surface area (Å²) in [4.78, 5) is 0. The molecule has 0 saturated heterocycles. The number of aliphatic hydroxyl groups is 1. The molecular formula is C10H17ClN2O. The summed E-state index contributed by atoms with van der Waals surface area (Å²) in [6.45, 7) is 5.68. The van der Waals surface area contributed by atoms with E-state index in [2.05, 4.69) is 5.10 Å². The van der Waals surface area contributed by atoms with E-state index in [0.717, 1.165) is 22.8 Å². The molecule has 80 valence electrons. The van der Waals surface area contributed by atoms with Crippen LogP contribution in [-0.4, -0.2) is 21.0 Å². The zero-order chi connectivity index (χ0) is 10.9. The van der Waals surface area contributed by atoms with Gasteiger partial charge in [-0.2, -0.15) is 5.10 Å². The summed E-state index contributed by atoms with van der Waals surface area (Å²) in [5.74, 6) is 0.197. The first kappa shape index (κ1) is 11.5. The van der Waals surface area contributed by atoms with Crippen molar-refractivity contribution in [2.24, 2.45) is 13.0 Å². The highest BCUT2D eigenvalue weighted by atomic mass is 35.5. The van der Waals surface area contributed by atoms with Crippen LogP contribution in [0, 0.1) is 12.8 Å². The van der Waals surface area contributed by atoms with Gasteiger partial charge in [0.25, 0.3) is 0 Å². The Kier molecular flexibility index (Phi) is 3.56. The zero-order valence-electron chi connectivity index (χ0n) is 9.08. The predicted octanol–water partition coefficient (Wildman–Crippen LogP) is 1.94. The number of hydrogen-bond acceptors (Lipinski definition) is 2. The summed E-state index contributed by atoms with van der Waals surface area (Å²) in [7, 11) is 1.88. The number of hydrogen-bond donors (Lipinski definition) is 1. The first-order chi connectivity index (χ1) is 6.43. The van der Waals surface area contributed by atoms with Gasteiger partial charge in [-0.3, -0.25) is 4.68 Å². The van der Waals surface area contributed by atoms with Gasteiger partial charge >= 0.3 is 0 Å². The molecule has 2 unspecified atom stereocenters. The van der Waals surface area contributed by atoms with Gasteiger partial charge in [0.15, 0.2) is 0 Å². The Hall–Kier alpha value is -0.540. The summed E-state index contributed by atoms with van der Waals surface area (Å²) in [5.41, 5.74) is 1.85. The molecule has 0 aliphatic heterocycles. The average molecular weight is 217 g/mol. The molecule has 0 bridgehead atoms. The van der Waals surface area contributed by atoms with Crippen molar-refractivity contribution in [3.63, 3.8) is 0 Å². The van der Waals surface area contributed by atoms with Crippen molar-refractivity contribution < 1.29 is 5.11 Å². The van der Waals surface area contributed by atoms with Gasteiger partial charge in [-0.25, -0.2) is 0 Å². The van der Waals surface area contributed by atoms with Gasteiger partial charge in [-0.1, -0.05) is 18.5 Å². The van der Waals surface area contributed by atoms with Gasteiger partial charge in [-0.15, -0.1) is 0 Å². The first-order valence-electron chi connectivity index (χ1n) is 4.79. The van der Waals surface area contributed by atoms with Crippen LogP contribution in [0.2, 0.25) is 5.02 Å². The largest absolute Gasteiger partial charge is 0.393 e. The SMILES string of the molecule is Cc1nn(C)c(CC(C)C(C)O)c1Cl. The topological polar surface area (TPSA) is 38.0 Å². The van der Waals surface area contributed by atoms with Crippen molar-refractivity contribution >= 4 is 11.6 Å². The highest BCUT2D eigenvalue weighted by Crippen LogP contribution is 2.23. The molecule has 0 fully saturated rings. The maximum absolute atomic E-state index is 9.40. The summed E-state index contributed by atoms with van der Waals surface area (Å²) >= 11 is 6.10. The Labute approximate surface area is 89.7 Å². The highest BCUT2D eigenvalue weighted by molar-refractivity contribution is 6.31. The fourth-order valence-electron chi connectivity index (χ4n) is 1.38. The highest BCUT2D eigenvalue weighted by Gasteiger charge is 2.16. The molecule has 0 aromatic carbocycles. The van der Waals surface area contributed by atoms with Crippen molar-refractivity contribution in [2.45, 2.75) is 33.3 Å². The molecule has 4 heteroatoms. The van der Waals surface area contributed by atoms with Crippen LogP contribution < -0.4 is 0 Å². The van der Waals surface area contributed by atoms with Crippen molar-refractivity contribution in [1.29, 1.82) is 0 Å². The maximum Gasteiger partial charge on any atom is 0.0847 e. The second-order valence-corrected chi connectivity index (χ2v) is 4.27. The Morgan fingerprint density at radius 3 is 2.43 bits per heavy atom. The molecule has 1 aromatic rings. The van der Waals surface area contributed by atoms with Crippen molar-refractivity contribution in [1.82, 2.24) is 9.78 Å². The molecule has 0 saturated carbocycles. The van der Waals surface area contributed by atoms with E-state index in [1.807, 2.05) is 20.9 Å². The Bertz CT molecular complexity index is 320. The van der Waals surface area contributed by atoms with E-state index in [1.54, 1.807) is 11.6 Å². The Balaban J connectivity index is 2.86. The van der Waals surface area contributed by atoms with Crippen molar-refractivity contribution in [3.05, 3.63) is 16.4 Å². The standard InChI is InChI=1S/C10H17ClN2O/c1-6(8(3)14)5-9-10(11)7(2)12-13(9)4/h6,8,14H,5H2,1-4H3. The second kappa shape index (κ2) is 4.32. The van der Waals surface area contributed by atoms with E-state index in [1.165, 1.54) is 0 Å². The fourth-order valence-corrected chi connectivity index (χ4v) is 1.61. The average Bonchev–Trinajstić information content (AvgIpc) is 2.32. The third kappa shape index (κ3) is 2.28. The van der Waals surface area contributed by atoms with Crippen LogP contribution in [-0.2, 0) is 13.5 Å². The number of aromatic nitrogens is 2. The summed E-state index contributed by atoms with van der Waals surface area (Å²) in [6.07, 6.45) is 0.440. The van der Waals surface area contributed by atoms with Crippen LogP contribution in [0.4, 0.5) is 0 Å². The number of nitrogens with zero attached hydrogens (tertiary/aromatic N) is 2. The quantitative estimate of drug-likeness (QED) is 0.839. The normalized spacial score (nSPS) is 15.6. The predicted molar refractivity (Wildman–Crippen MR) is 57.5 cm³/mol.